The molecule has 3 rings (SSSR count). The third-order valence-corrected chi connectivity index (χ3v) is 4.18. The van der Waals surface area contributed by atoms with Gasteiger partial charge in [-0.05, 0) is 36.2 Å². The molecule has 0 unspecified atom stereocenters. The molecule has 2 nitrogen and oxygen atoms in total. The molecular formula is C17H13Cl2FN2. The molecular weight excluding hydrogens is 322 g/mol. The van der Waals surface area contributed by atoms with Crippen molar-refractivity contribution >= 4 is 39.8 Å². The minimum Gasteiger partial charge on any atom is -0.384 e. The Morgan fingerprint density at radius 2 is 1.73 bits per heavy atom. The van der Waals surface area contributed by atoms with Crippen LogP contribution < -0.4 is 5.32 Å². The van der Waals surface area contributed by atoms with Gasteiger partial charge in [-0.3, -0.25) is 4.98 Å². The molecule has 1 heterocycles. The van der Waals surface area contributed by atoms with Gasteiger partial charge in [-0.2, -0.15) is 0 Å². The number of hydrogen-bond acceptors (Lipinski definition) is 2. The van der Waals surface area contributed by atoms with Crippen molar-refractivity contribution in [3.05, 3.63) is 70.1 Å². The van der Waals surface area contributed by atoms with E-state index in [9.17, 15) is 4.39 Å². The summed E-state index contributed by atoms with van der Waals surface area (Å²) in [5, 5.41) is 5.36. The van der Waals surface area contributed by atoms with Crippen molar-refractivity contribution in [1.29, 1.82) is 0 Å². The zero-order valence-electron chi connectivity index (χ0n) is 11.6. The van der Waals surface area contributed by atoms with Crippen LogP contribution in [0.4, 0.5) is 10.1 Å². The molecule has 1 aromatic heterocycles. The Labute approximate surface area is 137 Å². The van der Waals surface area contributed by atoms with Gasteiger partial charge in [0, 0.05) is 33.9 Å². The molecule has 0 saturated carbocycles. The average molecular weight is 335 g/mol. The van der Waals surface area contributed by atoms with E-state index in [1.165, 1.54) is 6.07 Å². The molecule has 0 atom stereocenters. The first kappa shape index (κ1) is 15.1. The van der Waals surface area contributed by atoms with Gasteiger partial charge in [-0.1, -0.05) is 41.4 Å². The fourth-order valence-electron chi connectivity index (χ4n) is 2.39. The van der Waals surface area contributed by atoms with E-state index in [-0.39, 0.29) is 5.82 Å². The number of hydrogen-bond donors (Lipinski definition) is 1. The zero-order chi connectivity index (χ0) is 15.5. The summed E-state index contributed by atoms with van der Waals surface area (Å²) in [6.45, 7) is 0.638. The van der Waals surface area contributed by atoms with E-state index >= 15 is 0 Å². The number of benzene rings is 2. The summed E-state index contributed by atoms with van der Waals surface area (Å²) in [5.74, 6) is -0.324. The van der Waals surface area contributed by atoms with Crippen LogP contribution in [0.1, 0.15) is 5.56 Å². The Hall–Kier alpha value is -1.84. The molecule has 0 aliphatic carbocycles. The smallest absolute Gasteiger partial charge is 0.149 e. The van der Waals surface area contributed by atoms with Crippen molar-refractivity contribution in [3.8, 4) is 0 Å². The summed E-state index contributed by atoms with van der Waals surface area (Å²) in [5.41, 5.74) is 2.11. The number of rotatable bonds is 4. The third kappa shape index (κ3) is 3.01. The Kier molecular flexibility index (Phi) is 4.46. The molecule has 0 spiro atoms. The van der Waals surface area contributed by atoms with Crippen molar-refractivity contribution in [2.45, 2.75) is 6.42 Å². The van der Waals surface area contributed by atoms with Gasteiger partial charge < -0.3 is 5.32 Å². The second-order valence-corrected chi connectivity index (χ2v) is 5.69. The van der Waals surface area contributed by atoms with Gasteiger partial charge in [-0.25, -0.2) is 4.39 Å². The van der Waals surface area contributed by atoms with Crippen LogP contribution in [0, 0.1) is 5.82 Å². The molecule has 0 aliphatic rings. The quantitative estimate of drug-likeness (QED) is 0.696. The molecule has 0 fully saturated rings. The number of pyridine rings is 1. The molecule has 2 aromatic carbocycles. The van der Waals surface area contributed by atoms with Gasteiger partial charge in [-0.15, -0.1) is 0 Å². The van der Waals surface area contributed by atoms with Gasteiger partial charge in [0.05, 0.1) is 0 Å². The van der Waals surface area contributed by atoms with E-state index in [2.05, 4.69) is 10.3 Å². The Bertz CT molecular complexity index is 801. The van der Waals surface area contributed by atoms with E-state index in [4.69, 9.17) is 23.2 Å². The maximum atomic E-state index is 13.7. The lowest BCUT2D eigenvalue weighted by atomic mass is 10.1. The molecule has 0 amide bonds. The number of halogens is 3. The first-order valence-electron chi connectivity index (χ1n) is 6.87. The standard InChI is InChI=1S/C17H13Cl2FN2/c18-13-4-2-5-14(19)11(13)7-9-21-16-8-10-22-17-12(16)3-1-6-15(17)20/h1-6,8,10H,7,9H2,(H,21,22). The molecule has 0 radical (unpaired) electrons. The number of nitrogens with one attached hydrogen (secondary N) is 1. The van der Waals surface area contributed by atoms with Crippen LogP contribution in [-0.4, -0.2) is 11.5 Å². The largest absolute Gasteiger partial charge is 0.384 e. The fourth-order valence-corrected chi connectivity index (χ4v) is 2.97. The summed E-state index contributed by atoms with van der Waals surface area (Å²) in [7, 11) is 0. The number of anilines is 1. The van der Waals surface area contributed by atoms with Crippen LogP contribution in [0.5, 0.6) is 0 Å². The van der Waals surface area contributed by atoms with Gasteiger partial charge in [0.2, 0.25) is 0 Å². The van der Waals surface area contributed by atoms with Gasteiger partial charge in [0.1, 0.15) is 11.3 Å². The Morgan fingerprint density at radius 1 is 1.00 bits per heavy atom. The SMILES string of the molecule is Fc1cccc2c(NCCc3c(Cl)cccc3Cl)ccnc12. The third-order valence-electron chi connectivity index (χ3n) is 3.47. The first-order valence-corrected chi connectivity index (χ1v) is 7.62. The molecule has 1 N–H and O–H groups in total. The molecule has 112 valence electrons. The second kappa shape index (κ2) is 6.51. The molecule has 0 aliphatic heterocycles. The van der Waals surface area contributed by atoms with Crippen LogP contribution in [0.15, 0.2) is 48.7 Å². The minimum atomic E-state index is -0.324. The van der Waals surface area contributed by atoms with Crippen molar-refractivity contribution in [2.24, 2.45) is 0 Å². The monoisotopic (exact) mass is 334 g/mol. The van der Waals surface area contributed by atoms with Crippen LogP contribution in [-0.2, 0) is 6.42 Å². The van der Waals surface area contributed by atoms with Crippen molar-refractivity contribution in [2.75, 3.05) is 11.9 Å². The number of aromatic nitrogens is 1. The van der Waals surface area contributed by atoms with Crippen LogP contribution in [0.3, 0.4) is 0 Å². The Morgan fingerprint density at radius 3 is 2.50 bits per heavy atom. The number of nitrogens with zero attached hydrogens (tertiary/aromatic N) is 1. The first-order chi connectivity index (χ1) is 10.7. The maximum absolute atomic E-state index is 13.7. The van der Waals surface area contributed by atoms with Gasteiger partial charge in [0.25, 0.3) is 0 Å². The van der Waals surface area contributed by atoms with E-state index in [0.717, 1.165) is 16.6 Å². The normalized spacial score (nSPS) is 10.9. The van der Waals surface area contributed by atoms with E-state index < -0.39 is 0 Å². The van der Waals surface area contributed by atoms with Crippen LogP contribution >= 0.6 is 23.2 Å². The highest BCUT2D eigenvalue weighted by molar-refractivity contribution is 6.36. The zero-order valence-corrected chi connectivity index (χ0v) is 13.1. The highest BCUT2D eigenvalue weighted by Crippen LogP contribution is 2.26. The highest BCUT2D eigenvalue weighted by Gasteiger charge is 2.07. The predicted molar refractivity (Wildman–Crippen MR) is 90.4 cm³/mol. The van der Waals surface area contributed by atoms with Gasteiger partial charge in [0.15, 0.2) is 0 Å². The molecule has 0 saturated heterocycles. The number of fused-ring (bicyclic) bond motifs is 1. The van der Waals surface area contributed by atoms with E-state index in [1.54, 1.807) is 12.3 Å². The molecule has 22 heavy (non-hydrogen) atoms. The lowest BCUT2D eigenvalue weighted by molar-refractivity contribution is 0.637. The van der Waals surface area contributed by atoms with Gasteiger partial charge >= 0.3 is 0 Å². The second-order valence-electron chi connectivity index (χ2n) is 4.87. The number of para-hydroxylation sites is 1. The summed E-state index contributed by atoms with van der Waals surface area (Å²) in [6, 6.07) is 12.2. The lowest BCUT2D eigenvalue weighted by Crippen LogP contribution is -2.06. The highest BCUT2D eigenvalue weighted by atomic mass is 35.5. The van der Waals surface area contributed by atoms with Crippen molar-refractivity contribution in [3.63, 3.8) is 0 Å². The average Bonchev–Trinajstić information content (AvgIpc) is 2.51. The molecule has 5 heteroatoms. The van der Waals surface area contributed by atoms with E-state index in [0.29, 0.717) is 28.5 Å². The topological polar surface area (TPSA) is 24.9 Å². The summed E-state index contributed by atoms with van der Waals surface area (Å²) < 4.78 is 13.7. The summed E-state index contributed by atoms with van der Waals surface area (Å²) >= 11 is 12.3. The van der Waals surface area contributed by atoms with E-state index in [1.807, 2.05) is 30.3 Å². The maximum Gasteiger partial charge on any atom is 0.149 e. The summed E-state index contributed by atoms with van der Waals surface area (Å²) in [6.07, 6.45) is 2.27. The van der Waals surface area contributed by atoms with Crippen molar-refractivity contribution in [1.82, 2.24) is 4.98 Å². The molecule has 3 aromatic rings. The fraction of sp³-hybridized carbons (Fsp3) is 0.118. The summed E-state index contributed by atoms with van der Waals surface area (Å²) in [4.78, 5) is 4.08. The lowest BCUT2D eigenvalue weighted by Gasteiger charge is -2.11. The van der Waals surface area contributed by atoms with Crippen LogP contribution in [0.25, 0.3) is 10.9 Å². The van der Waals surface area contributed by atoms with Crippen LogP contribution in [0.2, 0.25) is 10.0 Å². The van der Waals surface area contributed by atoms with Crippen molar-refractivity contribution < 1.29 is 4.39 Å². The molecule has 0 bridgehead atoms. The Balaban J connectivity index is 1.79. The predicted octanol–water partition coefficient (Wildman–Crippen LogP) is 5.34. The minimum absolute atomic E-state index is 0.324.